The van der Waals surface area contributed by atoms with Crippen LogP contribution in [0.3, 0.4) is 0 Å². The van der Waals surface area contributed by atoms with E-state index in [1.54, 1.807) is 17.7 Å². The number of hydrogen-bond donors (Lipinski definition) is 1. The number of nitriles is 1. The van der Waals surface area contributed by atoms with Gasteiger partial charge in [0.25, 0.3) is 5.56 Å². The van der Waals surface area contributed by atoms with Crippen LogP contribution in [-0.2, 0) is 0 Å². The minimum absolute atomic E-state index is 0.0126. The number of nitrogens with one attached hydrogen (secondary N) is 1. The van der Waals surface area contributed by atoms with Crippen molar-refractivity contribution in [1.82, 2.24) is 4.57 Å². The molecule has 1 saturated carbocycles. The highest BCUT2D eigenvalue weighted by molar-refractivity contribution is 5.39. The topological polar surface area (TPSA) is 57.8 Å². The Labute approximate surface area is 101 Å². The van der Waals surface area contributed by atoms with Gasteiger partial charge in [-0.15, -0.1) is 0 Å². The molecule has 1 unspecified atom stereocenters. The molecular weight excluding hydrogens is 214 g/mol. The Kier molecular flexibility index (Phi) is 3.48. The van der Waals surface area contributed by atoms with Crippen molar-refractivity contribution in [2.75, 3.05) is 12.4 Å². The Morgan fingerprint density at radius 3 is 3.06 bits per heavy atom. The van der Waals surface area contributed by atoms with Gasteiger partial charge in [0, 0.05) is 25.2 Å². The SMILES string of the molecule is CNc1cccn([C@@H]2CCCC(C#N)C2)c1=O. The van der Waals surface area contributed by atoms with Crippen LogP contribution < -0.4 is 10.9 Å². The average Bonchev–Trinajstić information content (AvgIpc) is 2.39. The zero-order chi connectivity index (χ0) is 12.3. The standard InChI is InChI=1S/C13H17N3O/c1-15-12-6-3-7-16(13(12)17)11-5-2-4-10(8-11)9-14/h3,6-7,10-11,15H,2,4-5,8H2,1H3/t10?,11-/m1/s1. The quantitative estimate of drug-likeness (QED) is 0.848. The van der Waals surface area contributed by atoms with Crippen LogP contribution in [0.1, 0.15) is 31.7 Å². The minimum atomic E-state index is 0.0126. The van der Waals surface area contributed by atoms with Gasteiger partial charge < -0.3 is 9.88 Å². The van der Waals surface area contributed by atoms with Crippen molar-refractivity contribution >= 4 is 5.69 Å². The molecule has 0 amide bonds. The van der Waals surface area contributed by atoms with Crippen molar-refractivity contribution in [1.29, 1.82) is 5.26 Å². The third-order valence-corrected chi connectivity index (χ3v) is 3.47. The lowest BCUT2D eigenvalue weighted by Crippen LogP contribution is -2.29. The fourth-order valence-electron chi connectivity index (χ4n) is 2.52. The van der Waals surface area contributed by atoms with Crippen LogP contribution in [0.15, 0.2) is 23.1 Å². The van der Waals surface area contributed by atoms with Crippen molar-refractivity contribution in [3.05, 3.63) is 28.7 Å². The predicted octanol–water partition coefficient (Wildman–Crippen LogP) is 2.14. The van der Waals surface area contributed by atoms with Crippen molar-refractivity contribution in [3.8, 4) is 6.07 Å². The molecule has 1 aromatic heterocycles. The molecule has 0 spiro atoms. The number of nitrogens with zero attached hydrogens (tertiary/aromatic N) is 2. The molecule has 4 nitrogen and oxygen atoms in total. The van der Waals surface area contributed by atoms with Gasteiger partial charge in [-0.3, -0.25) is 4.79 Å². The van der Waals surface area contributed by atoms with Gasteiger partial charge in [-0.25, -0.2) is 0 Å². The van der Waals surface area contributed by atoms with E-state index in [4.69, 9.17) is 5.26 Å². The average molecular weight is 231 g/mol. The summed E-state index contributed by atoms with van der Waals surface area (Å²) in [6.07, 6.45) is 5.61. The van der Waals surface area contributed by atoms with Crippen LogP contribution in [0, 0.1) is 17.2 Å². The monoisotopic (exact) mass is 231 g/mol. The van der Waals surface area contributed by atoms with Crippen LogP contribution in [0.25, 0.3) is 0 Å². The molecule has 0 aliphatic heterocycles. The summed E-state index contributed by atoms with van der Waals surface area (Å²) in [6.45, 7) is 0. The third-order valence-electron chi connectivity index (χ3n) is 3.47. The molecular formula is C13H17N3O. The molecule has 1 N–H and O–H groups in total. The van der Waals surface area contributed by atoms with Gasteiger partial charge in [0.05, 0.1) is 6.07 Å². The van der Waals surface area contributed by atoms with Crippen molar-refractivity contribution in [2.45, 2.75) is 31.7 Å². The van der Waals surface area contributed by atoms with E-state index in [2.05, 4.69) is 11.4 Å². The first-order valence-corrected chi connectivity index (χ1v) is 6.04. The van der Waals surface area contributed by atoms with E-state index in [-0.39, 0.29) is 17.5 Å². The zero-order valence-electron chi connectivity index (χ0n) is 10.0. The summed E-state index contributed by atoms with van der Waals surface area (Å²) in [5.74, 6) is 0.0962. The summed E-state index contributed by atoms with van der Waals surface area (Å²) in [5.41, 5.74) is 0.630. The van der Waals surface area contributed by atoms with E-state index in [1.807, 2.05) is 12.3 Å². The normalized spacial score (nSPS) is 24.0. The van der Waals surface area contributed by atoms with Gasteiger partial charge in [-0.05, 0) is 31.4 Å². The van der Waals surface area contributed by atoms with Crippen LogP contribution in [-0.4, -0.2) is 11.6 Å². The van der Waals surface area contributed by atoms with E-state index in [1.165, 1.54) is 0 Å². The summed E-state index contributed by atoms with van der Waals surface area (Å²) in [7, 11) is 1.75. The molecule has 4 heteroatoms. The first kappa shape index (κ1) is 11.7. The fraction of sp³-hybridized carbons (Fsp3) is 0.538. The molecule has 1 fully saturated rings. The van der Waals surface area contributed by atoms with Gasteiger partial charge in [-0.1, -0.05) is 6.42 Å². The van der Waals surface area contributed by atoms with Crippen LogP contribution in [0.5, 0.6) is 0 Å². The second-order valence-corrected chi connectivity index (χ2v) is 4.53. The maximum absolute atomic E-state index is 12.1. The van der Waals surface area contributed by atoms with Gasteiger partial charge in [0.2, 0.25) is 0 Å². The molecule has 1 heterocycles. The largest absolute Gasteiger partial charge is 0.384 e. The molecule has 2 atom stereocenters. The van der Waals surface area contributed by atoms with Crippen LogP contribution in [0.4, 0.5) is 5.69 Å². The van der Waals surface area contributed by atoms with E-state index in [0.717, 1.165) is 25.7 Å². The maximum Gasteiger partial charge on any atom is 0.274 e. The second-order valence-electron chi connectivity index (χ2n) is 4.53. The predicted molar refractivity (Wildman–Crippen MR) is 66.9 cm³/mol. The Balaban J connectivity index is 2.28. The van der Waals surface area contributed by atoms with Gasteiger partial charge >= 0.3 is 0 Å². The highest BCUT2D eigenvalue weighted by Crippen LogP contribution is 2.31. The molecule has 0 saturated heterocycles. The van der Waals surface area contributed by atoms with E-state index in [0.29, 0.717) is 5.69 Å². The first-order chi connectivity index (χ1) is 8.26. The molecule has 0 radical (unpaired) electrons. The lowest BCUT2D eigenvalue weighted by atomic mass is 9.86. The number of rotatable bonds is 2. The number of anilines is 1. The van der Waals surface area contributed by atoms with Crippen LogP contribution in [0.2, 0.25) is 0 Å². The van der Waals surface area contributed by atoms with Crippen LogP contribution >= 0.6 is 0 Å². The summed E-state index contributed by atoms with van der Waals surface area (Å²) in [5, 5.41) is 11.9. The van der Waals surface area contributed by atoms with Crippen molar-refractivity contribution in [3.63, 3.8) is 0 Å². The third kappa shape index (κ3) is 2.33. The highest BCUT2D eigenvalue weighted by Gasteiger charge is 2.23. The second kappa shape index (κ2) is 5.05. The Hall–Kier alpha value is -1.76. The smallest absolute Gasteiger partial charge is 0.274 e. The molecule has 2 rings (SSSR count). The number of aromatic nitrogens is 1. The van der Waals surface area contributed by atoms with Crippen molar-refractivity contribution < 1.29 is 0 Å². The molecule has 0 bridgehead atoms. The Bertz CT molecular complexity index is 486. The summed E-state index contributed by atoms with van der Waals surface area (Å²) in [4.78, 5) is 12.1. The number of hydrogen-bond acceptors (Lipinski definition) is 3. The van der Waals surface area contributed by atoms with Gasteiger partial charge in [0.1, 0.15) is 5.69 Å². The minimum Gasteiger partial charge on any atom is -0.384 e. The molecule has 17 heavy (non-hydrogen) atoms. The zero-order valence-corrected chi connectivity index (χ0v) is 10.0. The van der Waals surface area contributed by atoms with Gasteiger partial charge in [-0.2, -0.15) is 5.26 Å². The molecule has 1 aromatic rings. The lowest BCUT2D eigenvalue weighted by molar-refractivity contribution is 0.303. The fourth-order valence-corrected chi connectivity index (χ4v) is 2.52. The van der Waals surface area contributed by atoms with E-state index in [9.17, 15) is 4.79 Å². The van der Waals surface area contributed by atoms with Crippen molar-refractivity contribution in [2.24, 2.45) is 5.92 Å². The molecule has 1 aliphatic rings. The van der Waals surface area contributed by atoms with Gasteiger partial charge in [0.15, 0.2) is 0 Å². The maximum atomic E-state index is 12.1. The summed E-state index contributed by atoms with van der Waals surface area (Å²) < 4.78 is 1.77. The van der Waals surface area contributed by atoms with E-state index < -0.39 is 0 Å². The highest BCUT2D eigenvalue weighted by atomic mass is 16.1. The summed E-state index contributed by atoms with van der Waals surface area (Å²) >= 11 is 0. The van der Waals surface area contributed by atoms with E-state index >= 15 is 0 Å². The lowest BCUT2D eigenvalue weighted by Gasteiger charge is -2.27. The molecule has 1 aliphatic carbocycles. The molecule has 90 valence electrons. The Morgan fingerprint density at radius 1 is 1.53 bits per heavy atom. The Morgan fingerprint density at radius 2 is 2.35 bits per heavy atom. The number of pyridine rings is 1. The summed E-state index contributed by atoms with van der Waals surface area (Å²) in [6, 6.07) is 6.16. The molecule has 0 aromatic carbocycles. The first-order valence-electron chi connectivity index (χ1n) is 6.04.